The van der Waals surface area contributed by atoms with E-state index in [1.165, 1.54) is 6.20 Å². The van der Waals surface area contributed by atoms with E-state index in [2.05, 4.69) is 11.1 Å². The van der Waals surface area contributed by atoms with Crippen molar-refractivity contribution >= 4 is 11.6 Å². The van der Waals surface area contributed by atoms with E-state index >= 15 is 0 Å². The van der Waals surface area contributed by atoms with Crippen molar-refractivity contribution < 1.29 is 14.9 Å². The van der Waals surface area contributed by atoms with Crippen molar-refractivity contribution in [2.45, 2.75) is 29.6 Å². The van der Waals surface area contributed by atoms with Gasteiger partial charge in [0.05, 0.1) is 22.8 Å². The molecule has 1 fully saturated rings. The summed E-state index contributed by atoms with van der Waals surface area (Å²) in [5, 5.41) is 32.6. The molecule has 0 radical (unpaired) electrons. The van der Waals surface area contributed by atoms with Gasteiger partial charge in [0.15, 0.2) is 11.2 Å². The zero-order valence-electron chi connectivity index (χ0n) is 15.3. The van der Waals surface area contributed by atoms with Crippen molar-refractivity contribution in [2.24, 2.45) is 0 Å². The Hall–Kier alpha value is -2.91. The smallest absolute Gasteiger partial charge is 0.180 e. The van der Waals surface area contributed by atoms with Gasteiger partial charge in [0.1, 0.15) is 11.4 Å². The Morgan fingerprint density at radius 3 is 2.55 bits per heavy atom. The van der Waals surface area contributed by atoms with Crippen LogP contribution in [0, 0.1) is 11.3 Å². The first-order valence-corrected chi connectivity index (χ1v) is 9.69. The zero-order chi connectivity index (χ0) is 20.2. The monoisotopic (exact) mass is 404 g/mol. The van der Waals surface area contributed by atoms with Crippen molar-refractivity contribution in [1.82, 2.24) is 4.98 Å². The van der Waals surface area contributed by atoms with Gasteiger partial charge >= 0.3 is 0 Å². The molecule has 6 heteroatoms. The van der Waals surface area contributed by atoms with Crippen LogP contribution in [0.1, 0.15) is 34.7 Å². The minimum atomic E-state index is -1.76. The van der Waals surface area contributed by atoms with Crippen molar-refractivity contribution in [2.75, 3.05) is 0 Å². The third kappa shape index (κ3) is 2.31. The lowest BCUT2D eigenvalue weighted by Crippen LogP contribution is -2.52. The molecule has 4 atom stereocenters. The summed E-state index contributed by atoms with van der Waals surface area (Å²) in [6.45, 7) is 0. The van der Waals surface area contributed by atoms with E-state index in [1.807, 2.05) is 30.3 Å². The molecule has 29 heavy (non-hydrogen) atoms. The standard InChI is InChI=1S/C23H17ClN2O3/c24-17-10-19-21(26-13-17)22(28)20(27)11-18(15-4-2-1-3-5-15)23(22,29-19)16-8-6-14(12-25)7-9-16/h1-10,13,18,20,27-28H,11H2. The number of nitrogens with zero attached hydrogens (tertiary/aromatic N) is 2. The van der Waals surface area contributed by atoms with Gasteiger partial charge in [-0.2, -0.15) is 5.26 Å². The van der Waals surface area contributed by atoms with Gasteiger partial charge < -0.3 is 14.9 Å². The number of benzene rings is 2. The molecule has 5 rings (SSSR count). The first kappa shape index (κ1) is 18.1. The highest BCUT2D eigenvalue weighted by Crippen LogP contribution is 2.66. The molecule has 2 aliphatic rings. The summed E-state index contributed by atoms with van der Waals surface area (Å²) >= 11 is 6.12. The number of hydrogen-bond donors (Lipinski definition) is 2. The third-order valence-corrected chi connectivity index (χ3v) is 6.30. The van der Waals surface area contributed by atoms with E-state index in [0.29, 0.717) is 28.3 Å². The zero-order valence-corrected chi connectivity index (χ0v) is 16.0. The van der Waals surface area contributed by atoms with Crippen LogP contribution in [-0.2, 0) is 11.2 Å². The first-order chi connectivity index (χ1) is 14.0. The van der Waals surface area contributed by atoms with E-state index in [-0.39, 0.29) is 11.6 Å². The molecule has 4 unspecified atom stereocenters. The minimum absolute atomic E-state index is 0.275. The Morgan fingerprint density at radius 2 is 1.86 bits per heavy atom. The number of pyridine rings is 1. The quantitative estimate of drug-likeness (QED) is 0.681. The fourth-order valence-corrected chi connectivity index (χ4v) is 4.99. The van der Waals surface area contributed by atoms with E-state index in [0.717, 1.165) is 5.56 Å². The fraction of sp³-hybridized carbons (Fsp3) is 0.217. The number of rotatable bonds is 2. The number of aliphatic hydroxyl groups is 2. The Kier molecular flexibility index (Phi) is 3.94. The van der Waals surface area contributed by atoms with Crippen molar-refractivity contribution in [3.05, 3.63) is 94.3 Å². The Labute approximate surface area is 172 Å². The van der Waals surface area contributed by atoms with Crippen molar-refractivity contribution in [3.63, 3.8) is 0 Å². The summed E-state index contributed by atoms with van der Waals surface area (Å²) in [7, 11) is 0. The molecule has 1 aromatic heterocycles. The Morgan fingerprint density at radius 1 is 1.14 bits per heavy atom. The van der Waals surface area contributed by atoms with Crippen LogP contribution in [-0.4, -0.2) is 21.3 Å². The number of ether oxygens (including phenoxy) is 1. The van der Waals surface area contributed by atoms with Crippen LogP contribution >= 0.6 is 11.6 Å². The number of aliphatic hydroxyl groups excluding tert-OH is 1. The van der Waals surface area contributed by atoms with Gasteiger partial charge in [0, 0.05) is 18.2 Å². The predicted molar refractivity (Wildman–Crippen MR) is 106 cm³/mol. The van der Waals surface area contributed by atoms with Gasteiger partial charge in [-0.1, -0.05) is 54.1 Å². The summed E-state index contributed by atoms with van der Waals surface area (Å²) in [5.41, 5.74) is -0.690. The van der Waals surface area contributed by atoms with E-state index in [4.69, 9.17) is 16.3 Å². The molecule has 1 saturated carbocycles. The molecule has 2 N–H and O–H groups in total. The highest BCUT2D eigenvalue weighted by atomic mass is 35.5. The molecule has 2 heterocycles. The van der Waals surface area contributed by atoms with Crippen LogP contribution in [0.25, 0.3) is 0 Å². The molecule has 3 aromatic rings. The number of halogens is 1. The lowest BCUT2D eigenvalue weighted by molar-refractivity contribution is -0.151. The van der Waals surface area contributed by atoms with Gasteiger partial charge in [-0.3, -0.25) is 4.98 Å². The van der Waals surface area contributed by atoms with E-state index < -0.39 is 17.3 Å². The molecule has 2 aromatic carbocycles. The molecule has 0 spiro atoms. The molecule has 5 nitrogen and oxygen atoms in total. The molecular weight excluding hydrogens is 388 g/mol. The van der Waals surface area contributed by atoms with Crippen LogP contribution in [0.15, 0.2) is 66.9 Å². The van der Waals surface area contributed by atoms with Gasteiger partial charge in [0.25, 0.3) is 0 Å². The van der Waals surface area contributed by atoms with Crippen LogP contribution in [0.4, 0.5) is 0 Å². The van der Waals surface area contributed by atoms with E-state index in [1.54, 1.807) is 30.3 Å². The molecule has 0 bridgehead atoms. The average Bonchev–Trinajstić information content (AvgIpc) is 3.14. The maximum absolute atomic E-state index is 12.0. The van der Waals surface area contributed by atoms with Crippen molar-refractivity contribution in [3.8, 4) is 11.8 Å². The molecule has 0 saturated heterocycles. The normalized spacial score (nSPS) is 29.6. The second-order valence-electron chi connectivity index (χ2n) is 7.51. The summed E-state index contributed by atoms with van der Waals surface area (Å²) in [5.74, 6) is 0.00801. The van der Waals surface area contributed by atoms with Crippen molar-refractivity contribution in [1.29, 1.82) is 5.26 Å². The largest absolute Gasteiger partial charge is 0.476 e. The highest BCUT2D eigenvalue weighted by molar-refractivity contribution is 6.30. The second-order valence-corrected chi connectivity index (χ2v) is 7.94. The van der Waals surface area contributed by atoms with Gasteiger partial charge in [-0.05, 0) is 29.7 Å². The lowest BCUT2D eigenvalue weighted by atomic mass is 9.72. The SMILES string of the molecule is N#Cc1ccc(C23Oc4cc(Cl)cnc4C2(O)C(O)CC3c2ccccc2)cc1. The van der Waals surface area contributed by atoms with Crippen LogP contribution < -0.4 is 4.74 Å². The molecular formula is C23H17ClN2O3. The maximum atomic E-state index is 12.0. The summed E-state index contributed by atoms with van der Waals surface area (Å²) in [4.78, 5) is 4.34. The Balaban J connectivity index is 1.79. The predicted octanol–water partition coefficient (Wildman–Crippen LogP) is 3.63. The molecule has 1 aliphatic heterocycles. The van der Waals surface area contributed by atoms with Gasteiger partial charge in [0.2, 0.25) is 0 Å². The second kappa shape index (κ2) is 6.30. The highest BCUT2D eigenvalue weighted by Gasteiger charge is 2.73. The lowest BCUT2D eigenvalue weighted by Gasteiger charge is -2.40. The summed E-state index contributed by atoms with van der Waals surface area (Å²) in [6, 6.07) is 20.3. The Bertz CT molecular complexity index is 1130. The van der Waals surface area contributed by atoms with Gasteiger partial charge in [-0.15, -0.1) is 0 Å². The first-order valence-electron chi connectivity index (χ1n) is 9.32. The third-order valence-electron chi connectivity index (χ3n) is 6.09. The number of nitriles is 1. The minimum Gasteiger partial charge on any atom is -0.476 e. The summed E-state index contributed by atoms with van der Waals surface area (Å²) < 4.78 is 6.46. The number of fused-ring (bicyclic) bond motifs is 3. The molecule has 0 amide bonds. The average molecular weight is 405 g/mol. The molecule has 144 valence electrons. The van der Waals surface area contributed by atoms with Gasteiger partial charge in [-0.25, -0.2) is 0 Å². The van der Waals surface area contributed by atoms with E-state index in [9.17, 15) is 15.5 Å². The van der Waals surface area contributed by atoms with Crippen LogP contribution in [0.2, 0.25) is 5.02 Å². The van der Waals surface area contributed by atoms with Crippen LogP contribution in [0.5, 0.6) is 5.75 Å². The number of aromatic nitrogens is 1. The van der Waals surface area contributed by atoms with Crippen LogP contribution in [0.3, 0.4) is 0 Å². The summed E-state index contributed by atoms with van der Waals surface area (Å²) in [6.07, 6.45) is 0.641. The number of hydrogen-bond acceptors (Lipinski definition) is 5. The molecule has 1 aliphatic carbocycles. The maximum Gasteiger partial charge on any atom is 0.180 e. The fourth-order valence-electron chi connectivity index (χ4n) is 4.84. The topological polar surface area (TPSA) is 86.4 Å².